The molecule has 1 aliphatic heterocycles. The summed E-state index contributed by atoms with van der Waals surface area (Å²) in [4.78, 5) is 21.2. The lowest BCUT2D eigenvalue weighted by Crippen LogP contribution is -2.19. The lowest BCUT2D eigenvalue weighted by Gasteiger charge is -1.99. The highest BCUT2D eigenvalue weighted by atomic mass is 32.2. The van der Waals surface area contributed by atoms with Crippen LogP contribution in [0.15, 0.2) is 58.7 Å². The molecule has 23 heavy (non-hydrogen) atoms. The molecule has 3 heterocycles. The Morgan fingerprint density at radius 3 is 3.00 bits per heavy atom. The number of thioether (sulfide) groups is 1. The third kappa shape index (κ3) is 2.86. The highest BCUT2D eigenvalue weighted by Gasteiger charge is 2.23. The summed E-state index contributed by atoms with van der Waals surface area (Å²) in [5.74, 6) is 0.449. The molecule has 1 fully saturated rings. The van der Waals surface area contributed by atoms with Gasteiger partial charge in [0, 0.05) is 17.6 Å². The Hall–Kier alpha value is -2.93. The van der Waals surface area contributed by atoms with E-state index in [4.69, 9.17) is 0 Å². The average Bonchev–Trinajstić information content (AvgIpc) is 3.18. The first-order valence-corrected chi connectivity index (χ1v) is 7.73. The van der Waals surface area contributed by atoms with Crippen LogP contribution in [-0.4, -0.2) is 26.3 Å². The zero-order valence-electron chi connectivity index (χ0n) is 11.9. The summed E-state index contributed by atoms with van der Waals surface area (Å²) in [6.45, 7) is 0. The van der Waals surface area contributed by atoms with E-state index in [0.717, 1.165) is 16.5 Å². The number of rotatable bonds is 2. The van der Waals surface area contributed by atoms with Gasteiger partial charge in [-0.15, -0.1) is 0 Å². The molecule has 0 bridgehead atoms. The van der Waals surface area contributed by atoms with E-state index in [1.54, 1.807) is 18.5 Å². The molecular formula is C16H11N5OS. The van der Waals surface area contributed by atoms with Crippen LogP contribution in [-0.2, 0) is 4.79 Å². The number of H-pyrrole nitrogens is 1. The van der Waals surface area contributed by atoms with Crippen LogP contribution in [0.3, 0.4) is 0 Å². The molecule has 6 nitrogen and oxygen atoms in total. The molecule has 7 heteroatoms. The third-order valence-electron chi connectivity index (χ3n) is 3.28. The fourth-order valence-electron chi connectivity index (χ4n) is 2.24. The zero-order valence-corrected chi connectivity index (χ0v) is 12.7. The smallest absolute Gasteiger partial charge is 0.264 e. The first-order chi connectivity index (χ1) is 11.3. The fraction of sp³-hybridized carbons (Fsp3) is 0. The minimum atomic E-state index is -0.153. The number of fused-ring (bicyclic) bond motifs is 1. The molecule has 1 aliphatic rings. The predicted octanol–water partition coefficient (Wildman–Crippen LogP) is 2.85. The maximum atomic E-state index is 12.1. The van der Waals surface area contributed by atoms with Gasteiger partial charge in [-0.25, -0.2) is 4.99 Å². The number of carbonyl (C=O) groups is 1. The molecule has 0 radical (unpaired) electrons. The van der Waals surface area contributed by atoms with Crippen molar-refractivity contribution in [2.75, 3.05) is 0 Å². The second kappa shape index (κ2) is 5.69. The van der Waals surface area contributed by atoms with Crippen molar-refractivity contribution in [3.63, 3.8) is 0 Å². The summed E-state index contributed by atoms with van der Waals surface area (Å²) >= 11 is 1.30. The van der Waals surface area contributed by atoms with E-state index in [1.807, 2.05) is 36.4 Å². The first kappa shape index (κ1) is 13.7. The number of aliphatic imine (C=N–C) groups is 1. The van der Waals surface area contributed by atoms with Gasteiger partial charge in [0.15, 0.2) is 11.0 Å². The number of hydrogen-bond donors (Lipinski definition) is 2. The number of nitrogens with one attached hydrogen (secondary N) is 2. The van der Waals surface area contributed by atoms with Gasteiger partial charge < -0.3 is 5.32 Å². The van der Waals surface area contributed by atoms with Crippen LogP contribution in [0.25, 0.3) is 17.0 Å². The maximum Gasteiger partial charge on any atom is 0.264 e. The summed E-state index contributed by atoms with van der Waals surface area (Å²) in [6.07, 6.45) is 5.22. The number of pyridine rings is 1. The molecule has 2 aromatic heterocycles. The van der Waals surface area contributed by atoms with E-state index in [9.17, 15) is 4.79 Å². The molecule has 1 saturated heterocycles. The summed E-state index contributed by atoms with van der Waals surface area (Å²) in [5.41, 5.74) is 1.88. The Balaban J connectivity index is 1.63. The molecule has 3 aromatic rings. The molecular weight excluding hydrogens is 310 g/mol. The Morgan fingerprint density at radius 1 is 1.17 bits per heavy atom. The van der Waals surface area contributed by atoms with Crippen molar-refractivity contribution in [1.82, 2.24) is 20.5 Å². The van der Waals surface area contributed by atoms with Crippen molar-refractivity contribution in [1.29, 1.82) is 0 Å². The maximum absolute atomic E-state index is 12.1. The van der Waals surface area contributed by atoms with Crippen LogP contribution >= 0.6 is 11.8 Å². The van der Waals surface area contributed by atoms with E-state index in [1.165, 1.54) is 11.8 Å². The minimum Gasteiger partial charge on any atom is -0.300 e. The SMILES string of the molecule is O=C1N/C(=N\c2ccn[nH]2)S/C1=C/c1ccc2ncccc2c1. The van der Waals surface area contributed by atoms with Crippen LogP contribution in [0, 0.1) is 0 Å². The summed E-state index contributed by atoms with van der Waals surface area (Å²) in [6, 6.07) is 11.5. The van der Waals surface area contributed by atoms with Crippen molar-refractivity contribution in [3.8, 4) is 0 Å². The molecule has 0 saturated carbocycles. The van der Waals surface area contributed by atoms with Gasteiger partial charge in [0.25, 0.3) is 5.91 Å². The number of benzene rings is 1. The largest absolute Gasteiger partial charge is 0.300 e. The van der Waals surface area contributed by atoms with E-state index in [2.05, 4.69) is 25.5 Å². The van der Waals surface area contributed by atoms with Crippen LogP contribution in [0.1, 0.15) is 5.56 Å². The fourth-order valence-corrected chi connectivity index (χ4v) is 3.07. The number of aromatic amines is 1. The molecule has 112 valence electrons. The van der Waals surface area contributed by atoms with Crippen molar-refractivity contribution >= 4 is 45.6 Å². The summed E-state index contributed by atoms with van der Waals surface area (Å²) in [5, 5.41) is 10.9. The number of amidine groups is 1. The molecule has 0 aliphatic carbocycles. The van der Waals surface area contributed by atoms with Gasteiger partial charge >= 0.3 is 0 Å². The number of aromatic nitrogens is 3. The zero-order chi connectivity index (χ0) is 15.6. The number of nitrogens with zero attached hydrogens (tertiary/aromatic N) is 3. The second-order valence-corrected chi connectivity index (χ2v) is 5.91. The summed E-state index contributed by atoms with van der Waals surface area (Å²) < 4.78 is 0. The number of carbonyl (C=O) groups excluding carboxylic acids is 1. The van der Waals surface area contributed by atoms with Crippen molar-refractivity contribution in [3.05, 3.63) is 59.3 Å². The standard InChI is InChI=1S/C16H11N5OS/c22-15-13(23-16(20-15)19-14-5-7-18-21-14)9-10-3-4-12-11(8-10)2-1-6-17-12/h1-9H,(H2,18,19,20,21,22)/b13-9+. The van der Waals surface area contributed by atoms with E-state index >= 15 is 0 Å². The molecule has 0 unspecified atom stereocenters. The van der Waals surface area contributed by atoms with Gasteiger partial charge in [-0.05, 0) is 41.6 Å². The van der Waals surface area contributed by atoms with Gasteiger partial charge in [-0.3, -0.25) is 14.9 Å². The average molecular weight is 321 g/mol. The van der Waals surface area contributed by atoms with Crippen molar-refractivity contribution in [2.24, 2.45) is 4.99 Å². The normalized spacial score (nSPS) is 18.0. The van der Waals surface area contributed by atoms with Crippen LogP contribution < -0.4 is 5.32 Å². The summed E-state index contributed by atoms with van der Waals surface area (Å²) in [7, 11) is 0. The van der Waals surface area contributed by atoms with E-state index < -0.39 is 0 Å². The van der Waals surface area contributed by atoms with Gasteiger partial charge in [0.1, 0.15) is 0 Å². The van der Waals surface area contributed by atoms with Gasteiger partial charge in [0.05, 0.1) is 16.6 Å². The lowest BCUT2D eigenvalue weighted by molar-refractivity contribution is -0.115. The molecule has 2 N–H and O–H groups in total. The highest BCUT2D eigenvalue weighted by molar-refractivity contribution is 8.18. The van der Waals surface area contributed by atoms with E-state index in [0.29, 0.717) is 15.9 Å². The predicted molar refractivity (Wildman–Crippen MR) is 91.1 cm³/mol. The van der Waals surface area contributed by atoms with Crippen molar-refractivity contribution < 1.29 is 4.79 Å². The Kier molecular flexibility index (Phi) is 3.39. The minimum absolute atomic E-state index is 0.153. The number of hydrogen-bond acceptors (Lipinski definition) is 5. The van der Waals surface area contributed by atoms with Crippen LogP contribution in [0.2, 0.25) is 0 Å². The van der Waals surface area contributed by atoms with Gasteiger partial charge in [-0.1, -0.05) is 12.1 Å². The lowest BCUT2D eigenvalue weighted by atomic mass is 10.1. The topological polar surface area (TPSA) is 83.0 Å². The third-order valence-corrected chi connectivity index (χ3v) is 4.19. The van der Waals surface area contributed by atoms with Gasteiger partial charge in [-0.2, -0.15) is 5.10 Å². The molecule has 1 amide bonds. The molecule has 1 aromatic carbocycles. The molecule has 0 spiro atoms. The van der Waals surface area contributed by atoms with E-state index in [-0.39, 0.29) is 5.91 Å². The van der Waals surface area contributed by atoms with Crippen molar-refractivity contribution in [2.45, 2.75) is 0 Å². The quantitative estimate of drug-likeness (QED) is 0.711. The van der Waals surface area contributed by atoms with Crippen LogP contribution in [0.4, 0.5) is 5.82 Å². The van der Waals surface area contributed by atoms with Crippen LogP contribution in [0.5, 0.6) is 0 Å². The molecule has 4 rings (SSSR count). The Bertz CT molecular complexity index is 946. The first-order valence-electron chi connectivity index (χ1n) is 6.92. The molecule has 0 atom stereocenters. The second-order valence-electron chi connectivity index (χ2n) is 4.88. The highest BCUT2D eigenvalue weighted by Crippen LogP contribution is 2.28. The Morgan fingerprint density at radius 2 is 2.13 bits per heavy atom. The van der Waals surface area contributed by atoms with Gasteiger partial charge in [0.2, 0.25) is 0 Å². The monoisotopic (exact) mass is 321 g/mol. The Labute approximate surface area is 135 Å². The number of amides is 1.